The molecule has 0 saturated heterocycles. The molecule has 1 atom stereocenters. The molecular weight excluding hydrogens is 413 g/mol. The number of nitrogens with zero attached hydrogens (tertiary/aromatic N) is 2. The Morgan fingerprint density at radius 1 is 1.10 bits per heavy atom. The van der Waals surface area contributed by atoms with Crippen molar-refractivity contribution in [2.45, 2.75) is 11.5 Å². The number of rotatable bonds is 6. The summed E-state index contributed by atoms with van der Waals surface area (Å²) in [5.74, 6) is -1.12. The van der Waals surface area contributed by atoms with Gasteiger partial charge >= 0.3 is 6.36 Å². The van der Waals surface area contributed by atoms with Gasteiger partial charge in [0, 0.05) is 0 Å². The molecule has 2 aromatic carbocycles. The number of carbonyl (C=O) groups excluding carboxylic acids is 1. The number of methoxy groups -OCH3 is 1. The number of ether oxygens (including phenoxy) is 2. The first-order chi connectivity index (χ1) is 13.8. The smallest absolute Gasteiger partial charge is 0.496 e. The van der Waals surface area contributed by atoms with Gasteiger partial charge in [-0.2, -0.15) is 10.1 Å². The molecule has 0 bridgehead atoms. The number of carbonyl (C=O) groups is 1. The van der Waals surface area contributed by atoms with E-state index in [1.54, 1.807) is 24.3 Å². The van der Waals surface area contributed by atoms with Crippen LogP contribution in [-0.2, 0) is 11.0 Å². The summed E-state index contributed by atoms with van der Waals surface area (Å²) in [6, 6.07) is 11.5. The maximum absolute atomic E-state index is 12.5. The average molecular weight is 426 g/mol. The average Bonchev–Trinajstić information content (AvgIpc) is 3.17. The third-order valence-corrected chi connectivity index (χ3v) is 4.44. The molecule has 0 saturated carbocycles. The van der Waals surface area contributed by atoms with Crippen molar-refractivity contribution < 1.29 is 31.6 Å². The van der Waals surface area contributed by atoms with Crippen molar-refractivity contribution in [3.05, 3.63) is 54.1 Å². The summed E-state index contributed by atoms with van der Waals surface area (Å²) in [6.07, 6.45) is -4.98. The Bertz CT molecular complexity index is 1050. The first kappa shape index (κ1) is 20.3. The molecule has 1 amide bonds. The third-order valence-electron chi connectivity index (χ3n) is 3.53. The molecule has 3 aromatic rings. The summed E-state index contributed by atoms with van der Waals surface area (Å²) in [6.45, 7) is 0. The quantitative estimate of drug-likeness (QED) is 0.628. The summed E-state index contributed by atoms with van der Waals surface area (Å²) in [5, 5.41) is 6.15. The van der Waals surface area contributed by atoms with Gasteiger partial charge in [-0.1, -0.05) is 24.3 Å². The molecule has 1 unspecified atom stereocenters. The van der Waals surface area contributed by atoms with Gasteiger partial charge in [-0.3, -0.25) is 14.6 Å². The van der Waals surface area contributed by atoms with Gasteiger partial charge in [0.1, 0.15) is 11.5 Å². The van der Waals surface area contributed by atoms with Crippen LogP contribution in [0.15, 0.2) is 53.7 Å². The number of halogens is 3. The van der Waals surface area contributed by atoms with E-state index in [0.717, 1.165) is 12.1 Å². The molecule has 0 spiro atoms. The van der Waals surface area contributed by atoms with E-state index in [2.05, 4.69) is 24.6 Å². The lowest BCUT2D eigenvalue weighted by Crippen LogP contribution is -2.28. The summed E-state index contributed by atoms with van der Waals surface area (Å²) in [4.78, 5) is 16.3. The number of alkyl halides is 3. The van der Waals surface area contributed by atoms with Crippen LogP contribution >= 0.6 is 0 Å². The van der Waals surface area contributed by atoms with E-state index in [0.29, 0.717) is 11.3 Å². The second-order valence-electron chi connectivity index (χ2n) is 5.41. The van der Waals surface area contributed by atoms with Gasteiger partial charge in [0.2, 0.25) is 5.16 Å². The predicted molar refractivity (Wildman–Crippen MR) is 95.4 cm³/mol. The molecule has 0 aliphatic heterocycles. The zero-order chi connectivity index (χ0) is 21.0. The Kier molecular flexibility index (Phi) is 5.82. The number of aromatic nitrogens is 3. The number of nitrogens with one attached hydrogen (secondary N) is 2. The van der Waals surface area contributed by atoms with Gasteiger partial charge in [0.05, 0.1) is 18.2 Å². The molecule has 0 fully saturated rings. The van der Waals surface area contributed by atoms with E-state index in [4.69, 9.17) is 4.74 Å². The van der Waals surface area contributed by atoms with Crippen molar-refractivity contribution in [2.75, 3.05) is 7.11 Å². The normalized spacial score (nSPS) is 12.3. The van der Waals surface area contributed by atoms with E-state index in [-0.39, 0.29) is 11.0 Å². The zero-order valence-electron chi connectivity index (χ0n) is 14.7. The molecule has 0 aliphatic carbocycles. The van der Waals surface area contributed by atoms with Gasteiger partial charge in [0.15, 0.2) is 16.8 Å². The van der Waals surface area contributed by atoms with Crippen LogP contribution in [0.5, 0.6) is 11.5 Å². The van der Waals surface area contributed by atoms with Crippen LogP contribution in [0.2, 0.25) is 0 Å². The second-order valence-corrected chi connectivity index (χ2v) is 6.54. The van der Waals surface area contributed by atoms with Crippen LogP contribution in [0.25, 0.3) is 11.4 Å². The number of aromatic amines is 1. The van der Waals surface area contributed by atoms with Gasteiger partial charge in [-0.05, 0) is 24.3 Å². The lowest BCUT2D eigenvalue weighted by atomic mass is 10.2. The third kappa shape index (κ3) is 4.90. The number of hydrogen-bond donors (Lipinski definition) is 2. The highest BCUT2D eigenvalue weighted by Crippen LogP contribution is 2.28. The molecule has 0 aliphatic rings. The first-order valence-corrected chi connectivity index (χ1v) is 9.07. The minimum Gasteiger partial charge on any atom is -0.496 e. The SMILES string of the molecule is COc1ccccc1-c1n[nH]c(S(=O)NC(=O)c2ccccc2OC(F)(F)F)n1. The summed E-state index contributed by atoms with van der Waals surface area (Å²) in [5.41, 5.74) is 0.0763. The number of H-pyrrole nitrogens is 1. The predicted octanol–water partition coefficient (Wildman–Crippen LogP) is 2.83. The fourth-order valence-corrected chi connectivity index (χ4v) is 3.01. The Hall–Kier alpha value is -3.41. The largest absolute Gasteiger partial charge is 0.573 e. The summed E-state index contributed by atoms with van der Waals surface area (Å²) >= 11 is 0. The monoisotopic (exact) mass is 426 g/mol. The topological polar surface area (TPSA) is 106 Å². The van der Waals surface area contributed by atoms with Gasteiger partial charge in [0.25, 0.3) is 5.91 Å². The fraction of sp³-hybridized carbons (Fsp3) is 0.118. The lowest BCUT2D eigenvalue weighted by molar-refractivity contribution is -0.274. The van der Waals surface area contributed by atoms with Crippen LogP contribution in [0.3, 0.4) is 0 Å². The van der Waals surface area contributed by atoms with Crippen molar-refractivity contribution in [3.8, 4) is 22.9 Å². The molecule has 1 heterocycles. The van der Waals surface area contributed by atoms with Crippen LogP contribution in [0, 0.1) is 0 Å². The zero-order valence-corrected chi connectivity index (χ0v) is 15.5. The minimum absolute atomic E-state index is 0.167. The molecule has 0 radical (unpaired) electrons. The Labute approximate surface area is 164 Å². The molecule has 1 aromatic heterocycles. The first-order valence-electron chi connectivity index (χ1n) is 7.92. The maximum atomic E-state index is 12.5. The highest BCUT2D eigenvalue weighted by atomic mass is 32.2. The van der Waals surface area contributed by atoms with Crippen LogP contribution in [0.4, 0.5) is 13.2 Å². The number of para-hydroxylation sites is 2. The Balaban J connectivity index is 1.78. The van der Waals surface area contributed by atoms with Crippen molar-refractivity contribution >= 4 is 16.9 Å². The van der Waals surface area contributed by atoms with Gasteiger partial charge in [-0.15, -0.1) is 13.2 Å². The molecule has 152 valence electrons. The maximum Gasteiger partial charge on any atom is 0.573 e. The standard InChI is InChI=1S/C17H13F3N4O4S/c1-27-12-8-4-2-6-10(12)14-21-16(23-22-14)29(26)24-15(25)11-7-3-5-9-13(11)28-17(18,19)20/h2-9H,1H3,(H,24,25)(H,21,22,23). The van der Waals surface area contributed by atoms with Crippen LogP contribution in [-0.4, -0.2) is 38.8 Å². The summed E-state index contributed by atoms with van der Waals surface area (Å²) in [7, 11) is -0.750. The molecular formula is C17H13F3N4O4S. The fourth-order valence-electron chi connectivity index (χ4n) is 2.34. The van der Waals surface area contributed by atoms with Gasteiger partial charge in [-0.25, -0.2) is 4.21 Å². The molecule has 3 rings (SSSR count). The van der Waals surface area contributed by atoms with Crippen molar-refractivity contribution in [1.82, 2.24) is 19.9 Å². The Morgan fingerprint density at radius 2 is 1.76 bits per heavy atom. The lowest BCUT2D eigenvalue weighted by Gasteiger charge is -2.12. The molecule has 8 nitrogen and oxygen atoms in total. The second kappa shape index (κ2) is 8.31. The Morgan fingerprint density at radius 3 is 2.45 bits per heavy atom. The van der Waals surface area contributed by atoms with Crippen LogP contribution < -0.4 is 14.2 Å². The van der Waals surface area contributed by atoms with E-state index in [9.17, 15) is 22.2 Å². The highest BCUT2D eigenvalue weighted by Gasteiger charge is 2.33. The van der Waals surface area contributed by atoms with Crippen molar-refractivity contribution in [2.24, 2.45) is 0 Å². The van der Waals surface area contributed by atoms with Gasteiger partial charge < -0.3 is 9.47 Å². The van der Waals surface area contributed by atoms with Crippen molar-refractivity contribution in [3.63, 3.8) is 0 Å². The van der Waals surface area contributed by atoms with E-state index in [1.165, 1.54) is 19.2 Å². The minimum atomic E-state index is -4.98. The number of hydrogen-bond acceptors (Lipinski definition) is 6. The molecule has 12 heteroatoms. The molecule has 2 N–H and O–H groups in total. The van der Waals surface area contributed by atoms with Crippen molar-refractivity contribution in [1.29, 1.82) is 0 Å². The van der Waals surface area contributed by atoms with E-state index < -0.39 is 34.6 Å². The highest BCUT2D eigenvalue weighted by molar-refractivity contribution is 7.83. The summed E-state index contributed by atoms with van der Waals surface area (Å²) < 4.78 is 60.9. The number of benzene rings is 2. The number of amides is 1. The van der Waals surface area contributed by atoms with E-state index in [1.807, 2.05) is 0 Å². The molecule has 29 heavy (non-hydrogen) atoms. The van der Waals surface area contributed by atoms with Crippen LogP contribution in [0.1, 0.15) is 10.4 Å². The van der Waals surface area contributed by atoms with E-state index >= 15 is 0 Å².